The first-order valence-corrected chi connectivity index (χ1v) is 6.00. The van der Waals surface area contributed by atoms with E-state index >= 15 is 0 Å². The number of hydrogen-bond donors (Lipinski definition) is 2. The van der Waals surface area contributed by atoms with Crippen LogP contribution in [-0.2, 0) is 6.54 Å². The van der Waals surface area contributed by atoms with Crippen LogP contribution in [0, 0.1) is 0 Å². The van der Waals surface area contributed by atoms with Crippen molar-refractivity contribution >= 4 is 11.0 Å². The molecular formula is C13H17N3. The average molecular weight is 215 g/mol. The Bertz CT molecular complexity index is 497. The summed E-state index contributed by atoms with van der Waals surface area (Å²) in [6.45, 7) is 0.910. The van der Waals surface area contributed by atoms with Crippen molar-refractivity contribution in [2.45, 2.75) is 31.7 Å². The standard InChI is InChI=1S/C13H17N3/c1-14-8-9-5-6-11-12(7-9)16-13(15-11)10-3-2-4-10/h5-7,10,14H,2-4,8H2,1H3,(H,15,16). The molecule has 0 aliphatic heterocycles. The number of H-pyrrole nitrogens is 1. The van der Waals surface area contributed by atoms with E-state index in [-0.39, 0.29) is 0 Å². The van der Waals surface area contributed by atoms with Crippen molar-refractivity contribution in [3.05, 3.63) is 29.6 Å². The molecule has 1 heterocycles. The van der Waals surface area contributed by atoms with Crippen LogP contribution in [0.4, 0.5) is 0 Å². The van der Waals surface area contributed by atoms with E-state index in [1.165, 1.54) is 36.2 Å². The van der Waals surface area contributed by atoms with Crippen LogP contribution >= 0.6 is 0 Å². The van der Waals surface area contributed by atoms with E-state index in [0.29, 0.717) is 5.92 Å². The summed E-state index contributed by atoms with van der Waals surface area (Å²) < 4.78 is 0. The highest BCUT2D eigenvalue weighted by Crippen LogP contribution is 2.35. The van der Waals surface area contributed by atoms with Crippen molar-refractivity contribution in [1.82, 2.24) is 15.3 Å². The molecule has 2 N–H and O–H groups in total. The van der Waals surface area contributed by atoms with Crippen molar-refractivity contribution in [3.8, 4) is 0 Å². The van der Waals surface area contributed by atoms with Gasteiger partial charge in [0.05, 0.1) is 11.0 Å². The van der Waals surface area contributed by atoms with Crippen molar-refractivity contribution in [2.75, 3.05) is 7.05 Å². The van der Waals surface area contributed by atoms with Gasteiger partial charge in [0.1, 0.15) is 5.82 Å². The van der Waals surface area contributed by atoms with Gasteiger partial charge in [0.2, 0.25) is 0 Å². The fourth-order valence-electron chi connectivity index (χ4n) is 2.27. The monoisotopic (exact) mass is 215 g/mol. The molecule has 0 unspecified atom stereocenters. The Balaban J connectivity index is 1.96. The van der Waals surface area contributed by atoms with Gasteiger partial charge >= 0.3 is 0 Å². The molecule has 3 nitrogen and oxygen atoms in total. The molecule has 1 aliphatic carbocycles. The zero-order chi connectivity index (χ0) is 11.0. The van der Waals surface area contributed by atoms with Gasteiger partial charge in [0.15, 0.2) is 0 Å². The van der Waals surface area contributed by atoms with Crippen LogP contribution in [0.2, 0.25) is 0 Å². The number of imidazole rings is 1. The molecule has 0 saturated heterocycles. The first-order chi connectivity index (χ1) is 7.86. The number of nitrogens with zero attached hydrogens (tertiary/aromatic N) is 1. The summed E-state index contributed by atoms with van der Waals surface area (Å²) in [5, 5.41) is 3.17. The second-order valence-corrected chi connectivity index (χ2v) is 4.63. The molecule has 1 saturated carbocycles. The number of nitrogens with one attached hydrogen (secondary N) is 2. The van der Waals surface area contributed by atoms with Gasteiger partial charge in [-0.25, -0.2) is 4.98 Å². The molecule has 1 fully saturated rings. The summed E-state index contributed by atoms with van der Waals surface area (Å²) >= 11 is 0. The molecule has 3 heteroatoms. The Morgan fingerprint density at radius 1 is 1.44 bits per heavy atom. The topological polar surface area (TPSA) is 40.7 Å². The molecule has 3 rings (SSSR count). The van der Waals surface area contributed by atoms with E-state index in [4.69, 9.17) is 0 Å². The van der Waals surface area contributed by atoms with Crippen molar-refractivity contribution in [2.24, 2.45) is 0 Å². The zero-order valence-corrected chi connectivity index (χ0v) is 9.59. The Hall–Kier alpha value is -1.35. The van der Waals surface area contributed by atoms with Gasteiger partial charge in [0.25, 0.3) is 0 Å². The molecule has 1 aromatic heterocycles. The van der Waals surface area contributed by atoms with Crippen LogP contribution in [0.3, 0.4) is 0 Å². The van der Waals surface area contributed by atoms with Crippen LogP contribution in [-0.4, -0.2) is 17.0 Å². The quantitative estimate of drug-likeness (QED) is 0.826. The maximum absolute atomic E-state index is 4.66. The van der Waals surface area contributed by atoms with E-state index in [1.807, 2.05) is 7.05 Å². The Morgan fingerprint density at radius 2 is 2.31 bits per heavy atom. The van der Waals surface area contributed by atoms with Crippen LogP contribution in [0.15, 0.2) is 18.2 Å². The lowest BCUT2D eigenvalue weighted by atomic mass is 9.85. The molecule has 84 valence electrons. The summed E-state index contributed by atoms with van der Waals surface area (Å²) in [6.07, 6.45) is 3.94. The highest BCUT2D eigenvalue weighted by Gasteiger charge is 2.22. The van der Waals surface area contributed by atoms with Gasteiger partial charge in [-0.2, -0.15) is 0 Å². The minimum Gasteiger partial charge on any atom is -0.342 e. The third kappa shape index (κ3) is 1.61. The second-order valence-electron chi connectivity index (χ2n) is 4.63. The van der Waals surface area contributed by atoms with Crippen molar-refractivity contribution in [3.63, 3.8) is 0 Å². The minimum atomic E-state index is 0.681. The number of rotatable bonds is 3. The van der Waals surface area contributed by atoms with E-state index in [2.05, 4.69) is 33.5 Å². The number of benzene rings is 1. The third-order valence-electron chi connectivity index (χ3n) is 3.44. The molecular weight excluding hydrogens is 198 g/mol. The lowest BCUT2D eigenvalue weighted by molar-refractivity contribution is 0.405. The van der Waals surface area contributed by atoms with Crippen LogP contribution < -0.4 is 5.32 Å². The van der Waals surface area contributed by atoms with E-state index in [9.17, 15) is 0 Å². The molecule has 1 aliphatic rings. The molecule has 0 bridgehead atoms. The van der Waals surface area contributed by atoms with Gasteiger partial charge < -0.3 is 10.3 Å². The Labute approximate surface area is 95.3 Å². The number of fused-ring (bicyclic) bond motifs is 1. The predicted octanol–water partition coefficient (Wildman–Crippen LogP) is 2.55. The summed E-state index contributed by atoms with van der Waals surface area (Å²) in [6, 6.07) is 6.45. The lowest BCUT2D eigenvalue weighted by Gasteiger charge is -2.22. The summed E-state index contributed by atoms with van der Waals surface area (Å²) in [7, 11) is 1.97. The van der Waals surface area contributed by atoms with Gasteiger partial charge in [-0.15, -0.1) is 0 Å². The second kappa shape index (κ2) is 3.91. The van der Waals surface area contributed by atoms with Crippen LogP contribution in [0.5, 0.6) is 0 Å². The number of aromatic nitrogens is 2. The number of aromatic amines is 1. The predicted molar refractivity (Wildman–Crippen MR) is 65.4 cm³/mol. The molecule has 0 spiro atoms. The fourth-order valence-corrected chi connectivity index (χ4v) is 2.27. The lowest BCUT2D eigenvalue weighted by Crippen LogP contribution is -2.10. The van der Waals surface area contributed by atoms with Gasteiger partial charge in [0, 0.05) is 12.5 Å². The highest BCUT2D eigenvalue weighted by molar-refractivity contribution is 5.76. The molecule has 1 aromatic carbocycles. The van der Waals surface area contributed by atoms with E-state index in [0.717, 1.165) is 12.1 Å². The van der Waals surface area contributed by atoms with E-state index in [1.54, 1.807) is 0 Å². The molecule has 0 radical (unpaired) electrons. The number of hydrogen-bond acceptors (Lipinski definition) is 2. The first-order valence-electron chi connectivity index (χ1n) is 6.00. The van der Waals surface area contributed by atoms with Gasteiger partial charge in [-0.3, -0.25) is 0 Å². The molecule has 0 amide bonds. The maximum Gasteiger partial charge on any atom is 0.110 e. The van der Waals surface area contributed by atoms with Crippen molar-refractivity contribution < 1.29 is 0 Å². The minimum absolute atomic E-state index is 0.681. The van der Waals surface area contributed by atoms with Crippen molar-refractivity contribution in [1.29, 1.82) is 0 Å². The Kier molecular flexibility index (Phi) is 2.40. The largest absolute Gasteiger partial charge is 0.342 e. The van der Waals surface area contributed by atoms with Gasteiger partial charge in [-0.05, 0) is 37.6 Å². The summed E-state index contributed by atoms with van der Waals surface area (Å²) in [5.74, 6) is 1.86. The molecule has 0 atom stereocenters. The summed E-state index contributed by atoms with van der Waals surface area (Å²) in [5.41, 5.74) is 3.58. The summed E-state index contributed by atoms with van der Waals surface area (Å²) in [4.78, 5) is 8.12. The first kappa shape index (κ1) is 9.85. The SMILES string of the molecule is CNCc1ccc2nc(C3CCC3)[nH]c2c1. The van der Waals surface area contributed by atoms with Gasteiger partial charge in [-0.1, -0.05) is 12.5 Å². The smallest absolute Gasteiger partial charge is 0.110 e. The Morgan fingerprint density at radius 3 is 3.00 bits per heavy atom. The molecule has 16 heavy (non-hydrogen) atoms. The fraction of sp³-hybridized carbons (Fsp3) is 0.462. The maximum atomic E-state index is 4.66. The van der Waals surface area contributed by atoms with Crippen LogP contribution in [0.1, 0.15) is 36.6 Å². The van der Waals surface area contributed by atoms with E-state index < -0.39 is 0 Å². The highest BCUT2D eigenvalue weighted by atomic mass is 14.9. The third-order valence-corrected chi connectivity index (χ3v) is 3.44. The zero-order valence-electron chi connectivity index (χ0n) is 9.59. The normalized spacial score (nSPS) is 16.6. The average Bonchev–Trinajstić information content (AvgIpc) is 2.57. The molecule has 2 aromatic rings. The van der Waals surface area contributed by atoms with Crippen LogP contribution in [0.25, 0.3) is 11.0 Å².